The minimum Gasteiger partial charge on any atom is -0.481 e. The van der Waals surface area contributed by atoms with Crippen molar-refractivity contribution in [3.05, 3.63) is 23.0 Å². The number of aryl methyl sites for hydroxylation is 1. The molecule has 0 spiro atoms. The minimum atomic E-state index is -3.32. The third-order valence-corrected chi connectivity index (χ3v) is 5.30. The van der Waals surface area contributed by atoms with Crippen LogP contribution in [0.5, 0.6) is 0 Å². The summed E-state index contributed by atoms with van der Waals surface area (Å²) in [6.45, 7) is -0.0120. The van der Waals surface area contributed by atoms with Crippen LogP contribution < -0.4 is 0 Å². The molecule has 1 atom stereocenters. The van der Waals surface area contributed by atoms with Crippen molar-refractivity contribution in [2.24, 2.45) is 7.05 Å². The van der Waals surface area contributed by atoms with Crippen LogP contribution in [0.15, 0.2) is 12.3 Å². The largest absolute Gasteiger partial charge is 0.481 e. The molecular formula is C12H15ClN2O5S. The molecule has 0 aromatic carbocycles. The minimum absolute atomic E-state index is 0.0120. The van der Waals surface area contributed by atoms with Crippen molar-refractivity contribution < 1.29 is 23.1 Å². The van der Waals surface area contributed by atoms with E-state index in [0.29, 0.717) is 10.7 Å². The SMILES string of the molecule is Cn1cc(Cl)cc1C(=O)N1CCS(=O)(=O)CC1CC(=O)O. The zero-order valence-corrected chi connectivity index (χ0v) is 12.9. The Kier molecular flexibility index (Phi) is 4.29. The van der Waals surface area contributed by atoms with Crippen molar-refractivity contribution in [2.75, 3.05) is 18.1 Å². The Balaban J connectivity index is 2.29. The number of carbonyl (C=O) groups excluding carboxylic acids is 1. The Bertz CT molecular complexity index is 682. The number of carboxylic acid groups (broad SMARTS) is 1. The fourth-order valence-electron chi connectivity index (χ4n) is 2.41. The van der Waals surface area contributed by atoms with Gasteiger partial charge < -0.3 is 14.6 Å². The van der Waals surface area contributed by atoms with E-state index in [1.807, 2.05) is 0 Å². The number of sulfone groups is 1. The van der Waals surface area contributed by atoms with Gasteiger partial charge >= 0.3 is 5.97 Å². The second kappa shape index (κ2) is 5.69. The zero-order valence-electron chi connectivity index (χ0n) is 11.3. The monoisotopic (exact) mass is 334 g/mol. The van der Waals surface area contributed by atoms with Gasteiger partial charge in [0.25, 0.3) is 5.91 Å². The molecule has 1 aliphatic heterocycles. The maximum atomic E-state index is 12.5. The normalized spacial score (nSPS) is 21.2. The molecule has 1 amide bonds. The highest BCUT2D eigenvalue weighted by molar-refractivity contribution is 7.91. The highest BCUT2D eigenvalue weighted by Gasteiger charge is 2.36. The molecular weight excluding hydrogens is 320 g/mol. The Morgan fingerprint density at radius 3 is 2.67 bits per heavy atom. The molecule has 0 saturated carbocycles. The van der Waals surface area contributed by atoms with E-state index in [1.165, 1.54) is 15.5 Å². The van der Waals surface area contributed by atoms with E-state index in [2.05, 4.69) is 0 Å². The number of carboxylic acids is 1. The molecule has 2 rings (SSSR count). The van der Waals surface area contributed by atoms with Crippen LogP contribution in [0.2, 0.25) is 5.02 Å². The Morgan fingerprint density at radius 1 is 1.48 bits per heavy atom. The van der Waals surface area contributed by atoms with Gasteiger partial charge in [-0.1, -0.05) is 11.6 Å². The van der Waals surface area contributed by atoms with E-state index in [0.717, 1.165) is 0 Å². The predicted octanol–water partition coefficient (Wildman–Crippen LogP) is 0.392. The molecule has 0 radical (unpaired) electrons. The van der Waals surface area contributed by atoms with Crippen LogP contribution in [-0.4, -0.2) is 59.0 Å². The summed E-state index contributed by atoms with van der Waals surface area (Å²) in [5.74, 6) is -2.04. The van der Waals surface area contributed by atoms with Crippen molar-refractivity contribution in [1.82, 2.24) is 9.47 Å². The van der Waals surface area contributed by atoms with Gasteiger partial charge in [0, 0.05) is 19.8 Å². The van der Waals surface area contributed by atoms with Gasteiger partial charge in [0.2, 0.25) is 0 Å². The predicted molar refractivity (Wildman–Crippen MR) is 76.2 cm³/mol. The molecule has 1 unspecified atom stereocenters. The fourth-order valence-corrected chi connectivity index (χ4v) is 4.18. The van der Waals surface area contributed by atoms with Gasteiger partial charge in [-0.25, -0.2) is 8.42 Å². The standard InChI is InChI=1S/C12H15ClN2O5S/c1-14-6-8(13)4-10(14)12(18)15-2-3-21(19,20)7-9(15)5-11(16)17/h4,6,9H,2-3,5,7H2,1H3,(H,16,17). The molecule has 2 heterocycles. The van der Waals surface area contributed by atoms with Gasteiger partial charge in [-0.2, -0.15) is 0 Å². The number of amides is 1. The maximum Gasteiger partial charge on any atom is 0.305 e. The van der Waals surface area contributed by atoms with Crippen LogP contribution in [-0.2, 0) is 21.7 Å². The summed E-state index contributed by atoms with van der Waals surface area (Å²) in [6, 6.07) is 0.618. The molecule has 7 nitrogen and oxygen atoms in total. The first kappa shape index (κ1) is 15.8. The zero-order chi connectivity index (χ0) is 15.8. The molecule has 1 N–H and O–H groups in total. The third-order valence-electron chi connectivity index (χ3n) is 3.39. The molecule has 1 aromatic rings. The second-order valence-corrected chi connectivity index (χ2v) is 7.68. The summed E-state index contributed by atoms with van der Waals surface area (Å²) in [5, 5.41) is 9.29. The van der Waals surface area contributed by atoms with E-state index in [-0.39, 0.29) is 18.1 Å². The van der Waals surface area contributed by atoms with Crippen LogP contribution in [0, 0.1) is 0 Å². The summed E-state index contributed by atoms with van der Waals surface area (Å²) < 4.78 is 24.9. The van der Waals surface area contributed by atoms with Gasteiger partial charge in [-0.15, -0.1) is 0 Å². The first-order chi connectivity index (χ1) is 9.69. The van der Waals surface area contributed by atoms with Crippen molar-refractivity contribution in [3.8, 4) is 0 Å². The Labute approximate surface area is 127 Å². The Morgan fingerprint density at radius 2 is 2.14 bits per heavy atom. The molecule has 116 valence electrons. The summed E-state index contributed by atoms with van der Waals surface area (Å²) in [6.07, 6.45) is 1.16. The summed E-state index contributed by atoms with van der Waals surface area (Å²) in [5.41, 5.74) is 0.301. The molecule has 0 aliphatic carbocycles. The highest BCUT2D eigenvalue weighted by atomic mass is 35.5. The van der Waals surface area contributed by atoms with E-state index in [9.17, 15) is 18.0 Å². The van der Waals surface area contributed by atoms with Crippen LogP contribution >= 0.6 is 11.6 Å². The van der Waals surface area contributed by atoms with Crippen molar-refractivity contribution >= 4 is 33.3 Å². The molecule has 1 fully saturated rings. The van der Waals surface area contributed by atoms with Gasteiger partial charge in [0.05, 0.1) is 29.0 Å². The lowest BCUT2D eigenvalue weighted by Crippen LogP contribution is -2.52. The summed E-state index contributed by atoms with van der Waals surface area (Å²) in [4.78, 5) is 24.7. The van der Waals surface area contributed by atoms with E-state index >= 15 is 0 Å². The maximum absolute atomic E-state index is 12.5. The average molecular weight is 335 g/mol. The highest BCUT2D eigenvalue weighted by Crippen LogP contribution is 2.20. The number of nitrogens with zero attached hydrogens (tertiary/aromatic N) is 2. The number of aromatic nitrogens is 1. The number of carbonyl (C=O) groups is 2. The fraction of sp³-hybridized carbons (Fsp3) is 0.500. The van der Waals surface area contributed by atoms with Gasteiger partial charge in [0.1, 0.15) is 5.69 Å². The smallest absolute Gasteiger partial charge is 0.305 e. The second-order valence-electron chi connectivity index (χ2n) is 5.02. The number of aliphatic carboxylic acids is 1. The van der Waals surface area contributed by atoms with Crippen LogP contribution in [0.1, 0.15) is 16.9 Å². The van der Waals surface area contributed by atoms with Crippen LogP contribution in [0.4, 0.5) is 0 Å². The molecule has 1 saturated heterocycles. The quantitative estimate of drug-likeness (QED) is 0.862. The molecule has 1 aliphatic rings. The Hall–Kier alpha value is -1.54. The van der Waals surface area contributed by atoms with E-state index in [1.54, 1.807) is 13.2 Å². The summed E-state index contributed by atoms with van der Waals surface area (Å²) >= 11 is 5.83. The summed E-state index contributed by atoms with van der Waals surface area (Å²) in [7, 11) is -1.68. The molecule has 9 heteroatoms. The lowest BCUT2D eigenvalue weighted by atomic mass is 10.2. The first-order valence-corrected chi connectivity index (χ1v) is 8.44. The first-order valence-electron chi connectivity index (χ1n) is 6.24. The van der Waals surface area contributed by atoms with Gasteiger partial charge in [0.15, 0.2) is 9.84 Å². The van der Waals surface area contributed by atoms with E-state index < -0.39 is 34.2 Å². The van der Waals surface area contributed by atoms with Gasteiger partial charge in [-0.05, 0) is 6.07 Å². The third kappa shape index (κ3) is 3.56. The lowest BCUT2D eigenvalue weighted by Gasteiger charge is -2.34. The topological polar surface area (TPSA) is 96.7 Å². The van der Waals surface area contributed by atoms with Crippen molar-refractivity contribution in [2.45, 2.75) is 12.5 Å². The molecule has 0 bridgehead atoms. The lowest BCUT2D eigenvalue weighted by molar-refractivity contribution is -0.138. The van der Waals surface area contributed by atoms with Crippen molar-refractivity contribution in [3.63, 3.8) is 0 Å². The van der Waals surface area contributed by atoms with Crippen LogP contribution in [0.25, 0.3) is 0 Å². The number of hydrogen-bond donors (Lipinski definition) is 1. The van der Waals surface area contributed by atoms with Gasteiger partial charge in [-0.3, -0.25) is 9.59 Å². The number of rotatable bonds is 3. The number of hydrogen-bond acceptors (Lipinski definition) is 4. The van der Waals surface area contributed by atoms with Crippen molar-refractivity contribution in [1.29, 1.82) is 0 Å². The molecule has 21 heavy (non-hydrogen) atoms. The number of halogens is 1. The average Bonchev–Trinajstić information content (AvgIpc) is 2.66. The molecule has 1 aromatic heterocycles. The van der Waals surface area contributed by atoms with E-state index in [4.69, 9.17) is 16.7 Å². The van der Waals surface area contributed by atoms with Crippen LogP contribution in [0.3, 0.4) is 0 Å².